The van der Waals surface area contributed by atoms with E-state index in [1.165, 1.54) is 17.9 Å². The van der Waals surface area contributed by atoms with Crippen molar-refractivity contribution in [2.24, 2.45) is 34.5 Å². The minimum Gasteiger partial charge on any atom is -0.356 e. The molecule has 1 heterocycles. The Hall–Kier alpha value is -0.920. The van der Waals surface area contributed by atoms with Gasteiger partial charge in [0.05, 0.1) is 12.1 Å². The van der Waals surface area contributed by atoms with Gasteiger partial charge in [0.2, 0.25) is 0 Å². The molecule has 1 N–H and O–H groups in total. The molecule has 4 aliphatic carbocycles. The van der Waals surface area contributed by atoms with Gasteiger partial charge < -0.3 is 14.8 Å². The van der Waals surface area contributed by atoms with Gasteiger partial charge in [-0.05, 0) is 106 Å². The van der Waals surface area contributed by atoms with Gasteiger partial charge in [0.1, 0.15) is 11.8 Å². The highest BCUT2D eigenvalue weighted by Gasteiger charge is 2.64. The number of nitrogens with zero attached hydrogens (tertiary/aromatic N) is 2. The number of fused-ring (bicyclic) bond motifs is 5. The van der Waals surface area contributed by atoms with Crippen LogP contribution in [-0.4, -0.2) is 39.3 Å². The number of rotatable bonds is 2. The zero-order valence-corrected chi connectivity index (χ0v) is 18.9. The molecular weight excluding hydrogens is 384 g/mol. The summed E-state index contributed by atoms with van der Waals surface area (Å²) in [5.41, 5.74) is -0.628. The molecule has 5 fully saturated rings. The number of hydrogen-bond donors (Lipinski definition) is 1. The molecule has 0 aromatic carbocycles. The lowest BCUT2D eigenvalue weighted by atomic mass is 9.44. The van der Waals surface area contributed by atoms with Crippen LogP contribution in [0.2, 0.25) is 0 Å². The van der Waals surface area contributed by atoms with E-state index >= 15 is 0 Å². The van der Waals surface area contributed by atoms with Gasteiger partial charge in [0.25, 0.3) is 5.09 Å². The van der Waals surface area contributed by atoms with Gasteiger partial charge in [0, 0.05) is 0 Å². The van der Waals surface area contributed by atoms with Crippen LogP contribution in [0.3, 0.4) is 0 Å². The van der Waals surface area contributed by atoms with E-state index in [0.29, 0.717) is 30.3 Å². The Kier molecular flexibility index (Phi) is 4.57. The van der Waals surface area contributed by atoms with E-state index in [4.69, 9.17) is 9.57 Å². The first-order valence-corrected chi connectivity index (χ1v) is 12.0. The molecule has 0 bridgehead atoms. The van der Waals surface area contributed by atoms with Gasteiger partial charge in [-0.2, -0.15) is 5.06 Å². The highest BCUT2D eigenvalue weighted by molar-refractivity contribution is 5.11. The smallest absolute Gasteiger partial charge is 0.294 e. The minimum absolute atomic E-state index is 0.0617. The van der Waals surface area contributed by atoms with Crippen LogP contribution in [0.1, 0.15) is 85.5 Å². The van der Waals surface area contributed by atoms with Crippen molar-refractivity contribution in [1.29, 1.82) is 0 Å². The second-order valence-corrected chi connectivity index (χ2v) is 12.2. The fourth-order valence-corrected chi connectivity index (χ4v) is 8.75. The topological polar surface area (TPSA) is 85.1 Å². The van der Waals surface area contributed by atoms with Crippen molar-refractivity contribution in [2.45, 2.75) is 103 Å². The first-order chi connectivity index (χ1) is 14.0. The maximum Gasteiger partial charge on any atom is 0.294 e. The molecule has 0 aromatic heterocycles. The summed E-state index contributed by atoms with van der Waals surface area (Å²) in [6.07, 6.45) is 9.07. The van der Waals surface area contributed by atoms with E-state index in [1.807, 2.05) is 0 Å². The Bertz CT molecular complexity index is 730. The van der Waals surface area contributed by atoms with Crippen LogP contribution in [0, 0.1) is 44.6 Å². The van der Waals surface area contributed by atoms with E-state index in [0.717, 1.165) is 44.9 Å². The molecule has 8 atom stereocenters. The Balaban J connectivity index is 1.36. The second kappa shape index (κ2) is 6.55. The van der Waals surface area contributed by atoms with Crippen LogP contribution in [0.5, 0.6) is 0 Å². The standard InChI is InChI=1S/C23H38N2O5/c1-20(2)14-29-23(24(20)26)12-11-21(3)15(13-23)5-6-16-17-7-8-19(30-25(27)28)22(17,4)10-9-18(16)21/h15-19,26H,5-14H2,1-4H3/t15-,16?,17?,18?,19+,21-,22-,23?/m0/s1. The zero-order chi connectivity index (χ0) is 21.5. The summed E-state index contributed by atoms with van der Waals surface area (Å²) < 4.78 is 6.27. The Labute approximate surface area is 179 Å². The Morgan fingerprint density at radius 3 is 2.40 bits per heavy atom. The quantitative estimate of drug-likeness (QED) is 0.508. The molecule has 1 spiro atoms. The molecule has 4 saturated carbocycles. The second-order valence-electron chi connectivity index (χ2n) is 12.2. The van der Waals surface area contributed by atoms with Crippen molar-refractivity contribution in [3.63, 3.8) is 0 Å². The molecule has 30 heavy (non-hydrogen) atoms. The van der Waals surface area contributed by atoms with Crippen molar-refractivity contribution in [3.05, 3.63) is 10.1 Å². The maximum absolute atomic E-state index is 11.0. The van der Waals surface area contributed by atoms with Crippen molar-refractivity contribution >= 4 is 0 Å². The summed E-state index contributed by atoms with van der Waals surface area (Å²) >= 11 is 0. The van der Waals surface area contributed by atoms with E-state index in [9.17, 15) is 15.3 Å². The van der Waals surface area contributed by atoms with Gasteiger partial charge in [-0.25, -0.2) is 0 Å². The van der Waals surface area contributed by atoms with Gasteiger partial charge >= 0.3 is 0 Å². The van der Waals surface area contributed by atoms with Crippen LogP contribution in [-0.2, 0) is 9.57 Å². The van der Waals surface area contributed by atoms with Crippen LogP contribution < -0.4 is 0 Å². The summed E-state index contributed by atoms with van der Waals surface area (Å²) in [7, 11) is 0. The number of hydroxylamine groups is 2. The lowest BCUT2D eigenvalue weighted by Gasteiger charge is -2.62. The van der Waals surface area contributed by atoms with Gasteiger partial charge in [-0.3, -0.25) is 0 Å². The molecule has 7 heteroatoms. The molecule has 0 radical (unpaired) electrons. The molecule has 1 aliphatic heterocycles. The summed E-state index contributed by atoms with van der Waals surface area (Å²) in [6.45, 7) is 9.43. The molecule has 4 unspecified atom stereocenters. The van der Waals surface area contributed by atoms with Crippen molar-refractivity contribution in [2.75, 3.05) is 6.61 Å². The number of hydrogen-bond acceptors (Lipinski definition) is 6. The third-order valence-electron chi connectivity index (χ3n) is 10.5. The molecule has 5 rings (SSSR count). The van der Waals surface area contributed by atoms with Gasteiger partial charge in [0.15, 0.2) is 0 Å². The maximum atomic E-state index is 11.0. The van der Waals surface area contributed by atoms with Crippen LogP contribution in [0.25, 0.3) is 0 Å². The molecule has 0 aromatic rings. The number of ether oxygens (including phenoxy) is 1. The minimum atomic E-state index is -0.576. The SMILES string of the molecule is CC1(C)COC2(CC[C@]3(C)C4CC[C@@]5(C)C(CC[C@H]5O[N+](=O)[O-])C4CC[C@H]3C2)N1O. The average Bonchev–Trinajstić information content (AvgIpc) is 3.12. The van der Waals surface area contributed by atoms with E-state index in [-0.39, 0.29) is 22.5 Å². The molecule has 7 nitrogen and oxygen atoms in total. The highest BCUT2D eigenvalue weighted by atomic mass is 17.0. The largest absolute Gasteiger partial charge is 0.356 e. The van der Waals surface area contributed by atoms with Crippen molar-refractivity contribution in [3.8, 4) is 0 Å². The third-order valence-corrected chi connectivity index (χ3v) is 10.5. The predicted molar refractivity (Wildman–Crippen MR) is 110 cm³/mol. The predicted octanol–water partition coefficient (Wildman–Crippen LogP) is 4.80. The molecular formula is C23H38N2O5. The van der Waals surface area contributed by atoms with E-state index < -0.39 is 10.8 Å². The van der Waals surface area contributed by atoms with E-state index in [2.05, 4.69) is 27.7 Å². The fourth-order valence-electron chi connectivity index (χ4n) is 8.75. The van der Waals surface area contributed by atoms with E-state index in [1.54, 1.807) is 0 Å². The highest BCUT2D eigenvalue weighted by Crippen LogP contribution is 2.68. The Morgan fingerprint density at radius 2 is 1.73 bits per heavy atom. The summed E-state index contributed by atoms with van der Waals surface area (Å²) in [5.74, 6) is 2.41. The first-order valence-electron chi connectivity index (χ1n) is 12.0. The average molecular weight is 423 g/mol. The molecule has 170 valence electrons. The fraction of sp³-hybridized carbons (Fsp3) is 1.00. The van der Waals surface area contributed by atoms with Crippen LogP contribution in [0.4, 0.5) is 0 Å². The first kappa shape index (κ1) is 21.0. The van der Waals surface area contributed by atoms with Gasteiger partial charge in [-0.15, -0.1) is 10.1 Å². The lowest BCUT2D eigenvalue weighted by Crippen LogP contribution is -2.60. The van der Waals surface area contributed by atoms with Crippen LogP contribution >= 0.6 is 0 Å². The van der Waals surface area contributed by atoms with Gasteiger partial charge in [-0.1, -0.05) is 13.8 Å². The molecule has 1 saturated heterocycles. The lowest BCUT2D eigenvalue weighted by molar-refractivity contribution is -0.772. The normalized spacial score (nSPS) is 52.5. The zero-order valence-electron chi connectivity index (χ0n) is 18.9. The molecule has 0 amide bonds. The summed E-state index contributed by atoms with van der Waals surface area (Å²) in [5, 5.41) is 22.9. The summed E-state index contributed by atoms with van der Waals surface area (Å²) in [6, 6.07) is 0. The third kappa shape index (κ3) is 2.73. The Morgan fingerprint density at radius 1 is 1.00 bits per heavy atom. The van der Waals surface area contributed by atoms with Crippen LogP contribution in [0.15, 0.2) is 0 Å². The molecule has 5 aliphatic rings. The van der Waals surface area contributed by atoms with Crippen molar-refractivity contribution < 1.29 is 19.9 Å². The summed E-state index contributed by atoms with van der Waals surface area (Å²) in [4.78, 5) is 16.2. The monoisotopic (exact) mass is 422 g/mol. The van der Waals surface area contributed by atoms with Crippen molar-refractivity contribution in [1.82, 2.24) is 5.06 Å².